The van der Waals surface area contributed by atoms with E-state index >= 15 is 0 Å². The van der Waals surface area contributed by atoms with Crippen LogP contribution >= 0.6 is 0 Å². The molecule has 2 nitrogen and oxygen atoms in total. The molecular formula is C11H22O2Si. The van der Waals surface area contributed by atoms with Crippen LogP contribution in [0.4, 0.5) is 0 Å². The fourth-order valence-electron chi connectivity index (χ4n) is 1.33. The van der Waals surface area contributed by atoms with E-state index in [2.05, 4.69) is 26.6 Å². The van der Waals surface area contributed by atoms with E-state index in [4.69, 9.17) is 5.11 Å². The van der Waals surface area contributed by atoms with Crippen molar-refractivity contribution in [3.63, 3.8) is 0 Å². The summed E-state index contributed by atoms with van der Waals surface area (Å²) in [5, 5.41) is 8.99. The molecule has 3 heteroatoms. The summed E-state index contributed by atoms with van der Waals surface area (Å²) in [5.41, 5.74) is 2.63. The molecule has 0 saturated carbocycles. The Morgan fingerprint density at radius 3 is 2.21 bits per heavy atom. The zero-order chi connectivity index (χ0) is 11.2. The predicted molar refractivity (Wildman–Crippen MR) is 63.2 cm³/mol. The second kappa shape index (κ2) is 6.01. The van der Waals surface area contributed by atoms with Gasteiger partial charge in [0.15, 0.2) is 0 Å². The molecule has 0 aromatic heterocycles. The third-order valence-corrected chi connectivity index (χ3v) is 3.15. The maximum Gasteiger partial charge on any atom is 0.330 e. The average molecular weight is 214 g/mol. The van der Waals surface area contributed by atoms with Gasteiger partial charge in [-0.3, -0.25) is 0 Å². The molecule has 0 atom stereocenters. The van der Waals surface area contributed by atoms with Gasteiger partial charge < -0.3 is 5.11 Å². The summed E-state index contributed by atoms with van der Waals surface area (Å²) >= 11 is 0. The predicted octanol–water partition coefficient (Wildman–Crippen LogP) is 3.46. The molecule has 0 aliphatic rings. The molecule has 0 unspecified atom stereocenters. The lowest BCUT2D eigenvalue weighted by Gasteiger charge is -2.11. The number of unbranched alkanes of at least 4 members (excludes halogenated alkanes) is 2. The van der Waals surface area contributed by atoms with Crippen LogP contribution in [0, 0.1) is 0 Å². The maximum atomic E-state index is 10.9. The monoisotopic (exact) mass is 214 g/mol. The average Bonchev–Trinajstić information content (AvgIpc) is 2.00. The topological polar surface area (TPSA) is 37.3 Å². The van der Waals surface area contributed by atoms with Crippen molar-refractivity contribution in [2.75, 3.05) is 0 Å². The first-order chi connectivity index (χ1) is 6.37. The molecule has 0 rings (SSSR count). The first kappa shape index (κ1) is 13.4. The minimum atomic E-state index is -1.39. The minimum Gasteiger partial charge on any atom is -0.478 e. The lowest BCUT2D eigenvalue weighted by atomic mass is 10.1. The van der Waals surface area contributed by atoms with Gasteiger partial charge in [0, 0.05) is 5.57 Å². The number of hydrogen-bond acceptors (Lipinski definition) is 1. The highest BCUT2D eigenvalue weighted by molar-refractivity contribution is 6.81. The van der Waals surface area contributed by atoms with E-state index in [-0.39, 0.29) is 0 Å². The summed E-state index contributed by atoms with van der Waals surface area (Å²) in [6.07, 6.45) is 3.99. The van der Waals surface area contributed by atoms with Gasteiger partial charge in [0.2, 0.25) is 0 Å². The van der Waals surface area contributed by atoms with Crippen molar-refractivity contribution in [1.29, 1.82) is 0 Å². The van der Waals surface area contributed by atoms with Crippen LogP contribution in [0.3, 0.4) is 0 Å². The highest BCUT2D eigenvalue weighted by Gasteiger charge is 2.14. The van der Waals surface area contributed by atoms with Crippen molar-refractivity contribution < 1.29 is 9.90 Å². The van der Waals surface area contributed by atoms with Gasteiger partial charge >= 0.3 is 5.97 Å². The fourth-order valence-corrected chi connectivity index (χ4v) is 2.64. The molecule has 0 aliphatic heterocycles. The Balaban J connectivity index is 4.31. The Hall–Kier alpha value is -0.573. The van der Waals surface area contributed by atoms with Gasteiger partial charge in [-0.1, -0.05) is 45.1 Å². The lowest BCUT2D eigenvalue weighted by molar-refractivity contribution is -0.132. The van der Waals surface area contributed by atoms with Crippen LogP contribution in [0.1, 0.15) is 32.6 Å². The van der Waals surface area contributed by atoms with Gasteiger partial charge in [-0.15, -0.1) is 0 Å². The number of carboxylic acid groups (broad SMARTS) is 1. The normalized spacial score (nSPS) is 13.0. The largest absolute Gasteiger partial charge is 0.478 e. The minimum absolute atomic E-state index is 0.623. The molecule has 82 valence electrons. The second-order valence-electron chi connectivity index (χ2n) is 4.80. The molecule has 0 amide bonds. The van der Waals surface area contributed by atoms with Gasteiger partial charge in [-0.05, 0) is 12.8 Å². The van der Waals surface area contributed by atoms with Crippen LogP contribution in [0.25, 0.3) is 0 Å². The molecule has 14 heavy (non-hydrogen) atoms. The zero-order valence-corrected chi connectivity index (χ0v) is 10.8. The quantitative estimate of drug-likeness (QED) is 0.418. The third-order valence-electron chi connectivity index (χ3n) is 1.93. The fraction of sp³-hybridized carbons (Fsp3) is 0.727. The first-order valence-electron chi connectivity index (χ1n) is 5.32. The molecule has 0 bridgehead atoms. The molecule has 0 spiro atoms. The molecule has 0 aromatic rings. The molecule has 0 fully saturated rings. The lowest BCUT2D eigenvalue weighted by Crippen LogP contribution is -2.19. The summed E-state index contributed by atoms with van der Waals surface area (Å²) < 4.78 is 0. The number of hydrogen-bond donors (Lipinski definition) is 1. The van der Waals surface area contributed by atoms with E-state index in [0.29, 0.717) is 5.57 Å². The third kappa shape index (κ3) is 6.89. The Kier molecular flexibility index (Phi) is 5.77. The molecule has 0 radical (unpaired) electrons. The SMILES string of the molecule is CCCCC/C(=C\[Si](C)(C)C)C(=O)O. The maximum absolute atomic E-state index is 10.9. The van der Waals surface area contributed by atoms with E-state index in [0.717, 1.165) is 25.7 Å². The second-order valence-corrected chi connectivity index (χ2v) is 9.82. The van der Waals surface area contributed by atoms with E-state index in [1.54, 1.807) is 0 Å². The van der Waals surface area contributed by atoms with Crippen LogP contribution in [0.15, 0.2) is 11.3 Å². The van der Waals surface area contributed by atoms with E-state index in [1.807, 2.05) is 5.70 Å². The Morgan fingerprint density at radius 1 is 1.29 bits per heavy atom. The van der Waals surface area contributed by atoms with Gasteiger partial charge in [0.1, 0.15) is 0 Å². The Bertz CT molecular complexity index is 214. The highest BCUT2D eigenvalue weighted by atomic mass is 28.3. The Morgan fingerprint density at radius 2 is 1.86 bits per heavy atom. The van der Waals surface area contributed by atoms with Crippen LogP contribution in [0.2, 0.25) is 19.6 Å². The smallest absolute Gasteiger partial charge is 0.330 e. The van der Waals surface area contributed by atoms with Crippen LogP contribution in [0.5, 0.6) is 0 Å². The summed E-state index contributed by atoms with van der Waals surface area (Å²) in [6, 6.07) is 0. The molecule has 1 N–H and O–H groups in total. The van der Waals surface area contributed by atoms with Crippen LogP contribution < -0.4 is 0 Å². The number of carbonyl (C=O) groups is 1. The zero-order valence-electron chi connectivity index (χ0n) is 9.76. The van der Waals surface area contributed by atoms with Gasteiger partial charge in [0.05, 0.1) is 8.07 Å². The van der Waals surface area contributed by atoms with Crippen molar-refractivity contribution in [2.45, 2.75) is 52.2 Å². The van der Waals surface area contributed by atoms with Crippen LogP contribution in [-0.4, -0.2) is 19.1 Å². The molecule has 0 heterocycles. The van der Waals surface area contributed by atoms with Crippen molar-refractivity contribution in [1.82, 2.24) is 0 Å². The van der Waals surface area contributed by atoms with Crippen molar-refractivity contribution in [2.24, 2.45) is 0 Å². The van der Waals surface area contributed by atoms with Crippen molar-refractivity contribution in [3.05, 3.63) is 11.3 Å². The van der Waals surface area contributed by atoms with E-state index < -0.39 is 14.0 Å². The number of aliphatic carboxylic acids is 1. The summed E-state index contributed by atoms with van der Waals surface area (Å²) in [7, 11) is -1.39. The molecular weight excluding hydrogens is 192 g/mol. The number of carboxylic acids is 1. The van der Waals surface area contributed by atoms with Gasteiger partial charge in [-0.25, -0.2) is 4.79 Å². The summed E-state index contributed by atoms with van der Waals surface area (Å²) in [6.45, 7) is 8.62. The van der Waals surface area contributed by atoms with E-state index in [1.165, 1.54) is 0 Å². The standard InChI is InChI=1S/C11H22O2Si/c1-5-6-7-8-10(11(12)13)9-14(2,3)4/h9H,5-8H2,1-4H3,(H,12,13)/b10-9+. The summed E-state index contributed by atoms with van der Waals surface area (Å²) in [5.74, 6) is -0.733. The molecule has 0 saturated heterocycles. The summed E-state index contributed by atoms with van der Waals surface area (Å²) in [4.78, 5) is 10.9. The van der Waals surface area contributed by atoms with Gasteiger partial charge in [-0.2, -0.15) is 0 Å². The van der Waals surface area contributed by atoms with Gasteiger partial charge in [0.25, 0.3) is 0 Å². The Labute approximate surface area is 88.0 Å². The van der Waals surface area contributed by atoms with Crippen molar-refractivity contribution in [3.8, 4) is 0 Å². The van der Waals surface area contributed by atoms with Crippen molar-refractivity contribution >= 4 is 14.0 Å². The van der Waals surface area contributed by atoms with E-state index in [9.17, 15) is 4.79 Å². The molecule has 0 aromatic carbocycles. The molecule has 0 aliphatic carbocycles. The highest BCUT2D eigenvalue weighted by Crippen LogP contribution is 2.14. The van der Waals surface area contributed by atoms with Crippen LogP contribution in [-0.2, 0) is 4.79 Å². The first-order valence-corrected chi connectivity index (χ1v) is 8.89. The number of rotatable bonds is 6.